The van der Waals surface area contributed by atoms with E-state index in [9.17, 15) is 13.2 Å². The minimum Gasteiger partial charge on any atom is -0.399 e. The topological polar surface area (TPSA) is 101 Å². The van der Waals surface area contributed by atoms with Crippen LogP contribution in [0.3, 0.4) is 0 Å². The molecule has 1 aromatic rings. The number of aryl methyl sites for hydroxylation is 1. The number of carbonyl (C=O) groups is 1. The smallest absolute Gasteiger partial charge is 0.240 e. The van der Waals surface area contributed by atoms with E-state index in [1.807, 2.05) is 13.8 Å². The van der Waals surface area contributed by atoms with Gasteiger partial charge in [0, 0.05) is 24.7 Å². The number of nitrogens with two attached hydrogens (primary N) is 1. The summed E-state index contributed by atoms with van der Waals surface area (Å²) < 4.78 is 27.0. The van der Waals surface area contributed by atoms with Crippen LogP contribution in [0.15, 0.2) is 17.0 Å². The zero-order chi connectivity index (χ0) is 16.2. The van der Waals surface area contributed by atoms with E-state index >= 15 is 0 Å². The van der Waals surface area contributed by atoms with Crippen molar-refractivity contribution in [1.82, 2.24) is 10.0 Å². The van der Waals surface area contributed by atoms with Gasteiger partial charge in [-0.2, -0.15) is 0 Å². The number of benzene rings is 1. The highest BCUT2D eigenvalue weighted by Gasteiger charge is 2.18. The minimum atomic E-state index is -3.67. The molecule has 118 valence electrons. The molecule has 0 spiro atoms. The Morgan fingerprint density at radius 3 is 2.48 bits per heavy atom. The van der Waals surface area contributed by atoms with Crippen LogP contribution in [-0.2, 0) is 14.8 Å². The Morgan fingerprint density at radius 2 is 1.90 bits per heavy atom. The SMILES string of the molecule is Cc1cc(N)cc(S(=O)(=O)NCCC(=O)NC(C)C)c1C. The van der Waals surface area contributed by atoms with Gasteiger partial charge in [0.15, 0.2) is 0 Å². The van der Waals surface area contributed by atoms with Gasteiger partial charge in [-0.15, -0.1) is 0 Å². The molecule has 0 aromatic heterocycles. The maximum absolute atomic E-state index is 12.3. The molecule has 0 bridgehead atoms. The van der Waals surface area contributed by atoms with Gasteiger partial charge in [-0.05, 0) is 51.0 Å². The molecular weight excluding hydrogens is 290 g/mol. The van der Waals surface area contributed by atoms with Crippen molar-refractivity contribution in [2.45, 2.75) is 45.1 Å². The fraction of sp³-hybridized carbons (Fsp3) is 0.500. The van der Waals surface area contributed by atoms with Gasteiger partial charge < -0.3 is 11.1 Å². The lowest BCUT2D eigenvalue weighted by Crippen LogP contribution is -2.34. The van der Waals surface area contributed by atoms with E-state index in [1.165, 1.54) is 6.07 Å². The van der Waals surface area contributed by atoms with Crippen molar-refractivity contribution in [3.05, 3.63) is 23.3 Å². The highest BCUT2D eigenvalue weighted by atomic mass is 32.2. The molecule has 0 saturated carbocycles. The van der Waals surface area contributed by atoms with Gasteiger partial charge >= 0.3 is 0 Å². The van der Waals surface area contributed by atoms with Crippen LogP contribution in [0.1, 0.15) is 31.4 Å². The Balaban J connectivity index is 2.77. The first-order valence-electron chi connectivity index (χ1n) is 6.79. The van der Waals surface area contributed by atoms with Gasteiger partial charge in [0.2, 0.25) is 15.9 Å². The number of hydrogen-bond donors (Lipinski definition) is 3. The molecule has 4 N–H and O–H groups in total. The Morgan fingerprint density at radius 1 is 1.29 bits per heavy atom. The highest BCUT2D eigenvalue weighted by molar-refractivity contribution is 7.89. The average Bonchev–Trinajstić information content (AvgIpc) is 2.32. The van der Waals surface area contributed by atoms with Crippen LogP contribution in [0.4, 0.5) is 5.69 Å². The molecule has 1 aromatic carbocycles. The molecule has 0 radical (unpaired) electrons. The van der Waals surface area contributed by atoms with E-state index in [0.29, 0.717) is 11.3 Å². The van der Waals surface area contributed by atoms with Crippen molar-refractivity contribution in [1.29, 1.82) is 0 Å². The summed E-state index contributed by atoms with van der Waals surface area (Å²) in [5, 5.41) is 2.70. The Hall–Kier alpha value is -1.60. The number of sulfonamides is 1. The van der Waals surface area contributed by atoms with Gasteiger partial charge in [-0.3, -0.25) is 4.79 Å². The van der Waals surface area contributed by atoms with Crippen LogP contribution < -0.4 is 15.8 Å². The first-order valence-corrected chi connectivity index (χ1v) is 8.27. The van der Waals surface area contributed by atoms with Crippen LogP contribution in [0.5, 0.6) is 0 Å². The summed E-state index contributed by atoms with van der Waals surface area (Å²) in [6.45, 7) is 7.28. The second kappa shape index (κ2) is 6.91. The molecule has 1 amide bonds. The van der Waals surface area contributed by atoms with E-state index in [0.717, 1.165) is 5.56 Å². The molecule has 0 heterocycles. The van der Waals surface area contributed by atoms with Crippen LogP contribution in [-0.4, -0.2) is 26.9 Å². The van der Waals surface area contributed by atoms with Crippen molar-refractivity contribution in [2.75, 3.05) is 12.3 Å². The first-order chi connectivity index (χ1) is 9.63. The predicted molar refractivity (Wildman–Crippen MR) is 83.4 cm³/mol. The highest BCUT2D eigenvalue weighted by Crippen LogP contribution is 2.22. The molecule has 0 saturated heterocycles. The third-order valence-electron chi connectivity index (χ3n) is 3.03. The molecule has 0 unspecified atom stereocenters. The number of carbonyl (C=O) groups excluding carboxylic acids is 1. The maximum Gasteiger partial charge on any atom is 0.240 e. The molecule has 21 heavy (non-hydrogen) atoms. The lowest BCUT2D eigenvalue weighted by atomic mass is 10.1. The van der Waals surface area contributed by atoms with E-state index in [-0.39, 0.29) is 29.8 Å². The lowest BCUT2D eigenvalue weighted by Gasteiger charge is -2.13. The molecule has 0 aliphatic heterocycles. The fourth-order valence-corrected chi connectivity index (χ4v) is 3.29. The molecule has 0 aliphatic carbocycles. The normalized spacial score (nSPS) is 11.7. The predicted octanol–water partition coefficient (Wildman–Crippen LogP) is 1.08. The van der Waals surface area contributed by atoms with Gasteiger partial charge in [0.1, 0.15) is 0 Å². The van der Waals surface area contributed by atoms with Gasteiger partial charge in [-0.25, -0.2) is 13.1 Å². The van der Waals surface area contributed by atoms with Crippen molar-refractivity contribution < 1.29 is 13.2 Å². The first kappa shape index (κ1) is 17.5. The maximum atomic E-state index is 12.3. The Labute approximate surface area is 126 Å². The fourth-order valence-electron chi connectivity index (χ4n) is 1.90. The summed E-state index contributed by atoms with van der Waals surface area (Å²) in [7, 11) is -3.67. The molecule has 7 heteroatoms. The van der Waals surface area contributed by atoms with Gasteiger partial charge in [0.05, 0.1) is 4.90 Å². The molecule has 0 atom stereocenters. The standard InChI is InChI=1S/C14H23N3O3S/c1-9(2)17-14(18)5-6-16-21(19,20)13-8-12(15)7-10(3)11(13)4/h7-9,16H,5-6,15H2,1-4H3,(H,17,18). The summed E-state index contributed by atoms with van der Waals surface area (Å²) in [6, 6.07) is 3.19. The molecule has 6 nitrogen and oxygen atoms in total. The van der Waals surface area contributed by atoms with E-state index in [1.54, 1.807) is 19.9 Å². The van der Waals surface area contributed by atoms with E-state index in [4.69, 9.17) is 5.73 Å². The zero-order valence-corrected chi connectivity index (χ0v) is 13.7. The van der Waals surface area contributed by atoms with E-state index < -0.39 is 10.0 Å². The van der Waals surface area contributed by atoms with Gasteiger partial charge in [0.25, 0.3) is 0 Å². The van der Waals surface area contributed by atoms with Crippen LogP contribution in [0, 0.1) is 13.8 Å². The summed E-state index contributed by atoms with van der Waals surface area (Å²) >= 11 is 0. The van der Waals surface area contributed by atoms with Crippen LogP contribution in [0.2, 0.25) is 0 Å². The Kier molecular flexibility index (Phi) is 5.74. The van der Waals surface area contributed by atoms with Crippen molar-refractivity contribution >= 4 is 21.6 Å². The largest absolute Gasteiger partial charge is 0.399 e. The van der Waals surface area contributed by atoms with Crippen LogP contribution in [0.25, 0.3) is 0 Å². The molecule has 0 aliphatic rings. The monoisotopic (exact) mass is 313 g/mol. The summed E-state index contributed by atoms with van der Waals surface area (Å²) in [6.07, 6.45) is 0.0950. The Bertz CT molecular complexity index is 625. The number of hydrogen-bond acceptors (Lipinski definition) is 4. The molecule has 1 rings (SSSR count). The van der Waals surface area contributed by atoms with E-state index in [2.05, 4.69) is 10.0 Å². The summed E-state index contributed by atoms with van der Waals surface area (Å²) in [5.74, 6) is -0.187. The second-order valence-corrected chi connectivity index (χ2v) is 7.07. The molecule has 0 fully saturated rings. The summed E-state index contributed by atoms with van der Waals surface area (Å²) in [4.78, 5) is 11.6. The third kappa shape index (κ3) is 5.02. The van der Waals surface area contributed by atoms with Crippen molar-refractivity contribution in [3.8, 4) is 0 Å². The number of anilines is 1. The lowest BCUT2D eigenvalue weighted by molar-refractivity contribution is -0.121. The number of rotatable bonds is 6. The van der Waals surface area contributed by atoms with Crippen molar-refractivity contribution in [2.24, 2.45) is 0 Å². The number of amides is 1. The van der Waals surface area contributed by atoms with Crippen molar-refractivity contribution in [3.63, 3.8) is 0 Å². The summed E-state index contributed by atoms with van der Waals surface area (Å²) in [5.41, 5.74) is 7.57. The third-order valence-corrected chi connectivity index (χ3v) is 4.61. The minimum absolute atomic E-state index is 0.0351. The van der Waals surface area contributed by atoms with Gasteiger partial charge in [-0.1, -0.05) is 0 Å². The zero-order valence-electron chi connectivity index (χ0n) is 12.9. The van der Waals surface area contributed by atoms with Crippen LogP contribution >= 0.6 is 0 Å². The average molecular weight is 313 g/mol. The second-order valence-electron chi connectivity index (χ2n) is 5.33. The number of nitrogen functional groups attached to an aromatic ring is 1. The molecular formula is C14H23N3O3S. The quantitative estimate of drug-likeness (QED) is 0.684. The number of nitrogens with one attached hydrogen (secondary N) is 2.